The molecule has 0 spiro atoms. The van der Waals surface area contributed by atoms with Crippen LogP contribution in [0.5, 0.6) is 0 Å². The van der Waals surface area contributed by atoms with E-state index in [0.29, 0.717) is 0 Å². The van der Waals surface area contributed by atoms with Gasteiger partial charge in [-0.05, 0) is 0 Å². The molecule has 0 aromatic rings. The first-order valence-corrected chi connectivity index (χ1v) is 6.77. The van der Waals surface area contributed by atoms with Gasteiger partial charge >= 0.3 is 0 Å². The third-order valence-corrected chi connectivity index (χ3v) is 7.02. The van der Waals surface area contributed by atoms with Crippen LogP contribution >= 0.6 is 63.7 Å². The predicted octanol–water partition coefficient (Wildman–Crippen LogP) is 2.19. The number of carbonyl (C=O) groups excluding carboxylic acids is 2. The van der Waals surface area contributed by atoms with E-state index in [2.05, 4.69) is 63.7 Å². The number of rotatable bonds is 0. The first-order valence-electron chi connectivity index (χ1n) is 3.10. The Hall–Kier alpha value is 1.26. The van der Waals surface area contributed by atoms with Crippen molar-refractivity contribution in [3.8, 4) is 0 Å². The van der Waals surface area contributed by atoms with Gasteiger partial charge in [-0.1, -0.05) is 63.7 Å². The lowest BCUT2D eigenvalue weighted by molar-refractivity contribution is -0.127. The first kappa shape index (κ1) is 11.3. The third kappa shape index (κ3) is 1.86. The van der Waals surface area contributed by atoms with Crippen molar-refractivity contribution in [3.05, 3.63) is 0 Å². The highest BCUT2D eigenvalue weighted by molar-refractivity contribution is 9.14. The van der Waals surface area contributed by atoms with Crippen LogP contribution in [0.2, 0.25) is 0 Å². The summed E-state index contributed by atoms with van der Waals surface area (Å²) in [6.45, 7) is 0. The lowest BCUT2D eigenvalue weighted by Crippen LogP contribution is -2.50. The van der Waals surface area contributed by atoms with Crippen molar-refractivity contribution in [3.63, 3.8) is 0 Å². The zero-order valence-electron chi connectivity index (χ0n) is 5.64. The molecular formula is C6H4Br4O2. The average molecular weight is 428 g/mol. The number of halogens is 4. The third-order valence-electron chi connectivity index (χ3n) is 1.60. The molecule has 1 aliphatic rings. The van der Waals surface area contributed by atoms with Crippen LogP contribution < -0.4 is 0 Å². The SMILES string of the molecule is O=C1C(Br)C(=O)C(Br)C(Br)C1Br. The number of Topliss-reactive ketones (excluding diaryl/α,β-unsaturated/α-hetero) is 2. The molecule has 0 aromatic carbocycles. The maximum absolute atomic E-state index is 11.3. The van der Waals surface area contributed by atoms with Crippen molar-refractivity contribution in [1.29, 1.82) is 0 Å². The van der Waals surface area contributed by atoms with Crippen LogP contribution in [-0.2, 0) is 9.59 Å². The summed E-state index contributed by atoms with van der Waals surface area (Å²) in [5, 5.41) is 0. The van der Waals surface area contributed by atoms with Crippen LogP contribution in [0.25, 0.3) is 0 Å². The molecule has 6 heteroatoms. The molecular weight excluding hydrogens is 424 g/mol. The number of alkyl halides is 4. The Morgan fingerprint density at radius 2 is 1.17 bits per heavy atom. The van der Waals surface area contributed by atoms with E-state index < -0.39 is 4.83 Å². The molecule has 1 aliphatic carbocycles. The molecule has 12 heavy (non-hydrogen) atoms. The van der Waals surface area contributed by atoms with Crippen molar-refractivity contribution in [2.24, 2.45) is 0 Å². The lowest BCUT2D eigenvalue weighted by atomic mass is 9.97. The van der Waals surface area contributed by atoms with Crippen LogP contribution in [0.1, 0.15) is 0 Å². The van der Waals surface area contributed by atoms with Crippen LogP contribution in [0.3, 0.4) is 0 Å². The summed E-state index contributed by atoms with van der Waals surface area (Å²) in [6.07, 6.45) is 0. The van der Waals surface area contributed by atoms with E-state index in [1.807, 2.05) is 0 Å². The normalized spacial score (nSPS) is 43.3. The van der Waals surface area contributed by atoms with E-state index >= 15 is 0 Å². The Labute approximate surface area is 103 Å². The van der Waals surface area contributed by atoms with Gasteiger partial charge in [-0.2, -0.15) is 0 Å². The van der Waals surface area contributed by atoms with Crippen molar-refractivity contribution in [2.45, 2.75) is 19.3 Å². The summed E-state index contributed by atoms with van der Waals surface area (Å²) in [6, 6.07) is 0. The fourth-order valence-corrected chi connectivity index (χ4v) is 4.23. The van der Waals surface area contributed by atoms with Crippen molar-refractivity contribution in [2.75, 3.05) is 0 Å². The molecule has 2 unspecified atom stereocenters. The fourth-order valence-electron chi connectivity index (χ4n) is 0.882. The summed E-state index contributed by atoms with van der Waals surface area (Å²) < 4.78 is 0. The van der Waals surface area contributed by atoms with Crippen LogP contribution in [0.15, 0.2) is 0 Å². The van der Waals surface area contributed by atoms with Gasteiger partial charge in [-0.15, -0.1) is 0 Å². The largest absolute Gasteiger partial charge is 0.297 e. The van der Waals surface area contributed by atoms with Gasteiger partial charge in [-0.25, -0.2) is 0 Å². The molecule has 0 radical (unpaired) electrons. The van der Waals surface area contributed by atoms with Gasteiger partial charge in [0.1, 0.15) is 4.83 Å². The molecule has 0 saturated heterocycles. The number of ketones is 2. The van der Waals surface area contributed by atoms with Gasteiger partial charge in [-0.3, -0.25) is 9.59 Å². The summed E-state index contributed by atoms with van der Waals surface area (Å²) in [4.78, 5) is 21.2. The van der Waals surface area contributed by atoms with E-state index in [0.717, 1.165) is 0 Å². The van der Waals surface area contributed by atoms with E-state index in [4.69, 9.17) is 0 Å². The molecule has 2 nitrogen and oxygen atoms in total. The second-order valence-corrected chi connectivity index (χ2v) is 6.36. The minimum Gasteiger partial charge on any atom is -0.297 e. The standard InChI is InChI=1S/C6H4Br4O2/c7-1-2(8)5(11)4(10)6(12)3(1)9/h1-4H. The summed E-state index contributed by atoms with van der Waals surface area (Å²) in [5.41, 5.74) is 0. The molecule has 1 saturated carbocycles. The van der Waals surface area contributed by atoms with Crippen LogP contribution in [-0.4, -0.2) is 30.9 Å². The fraction of sp³-hybridized carbons (Fsp3) is 0.667. The maximum Gasteiger partial charge on any atom is 0.168 e. The molecule has 1 rings (SSSR count). The Morgan fingerprint density at radius 3 is 1.50 bits per heavy atom. The second kappa shape index (κ2) is 4.19. The monoisotopic (exact) mass is 424 g/mol. The van der Waals surface area contributed by atoms with Crippen LogP contribution in [0.4, 0.5) is 0 Å². The number of hydrogen-bond acceptors (Lipinski definition) is 2. The smallest absolute Gasteiger partial charge is 0.168 e. The zero-order valence-corrected chi connectivity index (χ0v) is 12.0. The topological polar surface area (TPSA) is 34.1 Å². The molecule has 0 heterocycles. The quantitative estimate of drug-likeness (QED) is 0.439. The Bertz CT molecular complexity index is 208. The molecule has 0 aromatic heterocycles. The molecule has 1 fully saturated rings. The lowest BCUT2D eigenvalue weighted by Gasteiger charge is -2.28. The van der Waals surface area contributed by atoms with Gasteiger partial charge in [0.2, 0.25) is 0 Å². The average Bonchev–Trinajstić information content (AvgIpc) is 2.08. The summed E-state index contributed by atoms with van der Waals surface area (Å²) >= 11 is 12.8. The predicted molar refractivity (Wildman–Crippen MR) is 60.9 cm³/mol. The molecule has 0 amide bonds. The highest BCUT2D eigenvalue weighted by atomic mass is 79.9. The van der Waals surface area contributed by atoms with Gasteiger partial charge in [0.25, 0.3) is 0 Å². The van der Waals surface area contributed by atoms with E-state index in [9.17, 15) is 9.59 Å². The van der Waals surface area contributed by atoms with E-state index in [-0.39, 0.29) is 26.0 Å². The van der Waals surface area contributed by atoms with Crippen molar-refractivity contribution in [1.82, 2.24) is 0 Å². The van der Waals surface area contributed by atoms with Gasteiger partial charge in [0.15, 0.2) is 11.6 Å². The molecule has 0 aliphatic heterocycles. The maximum atomic E-state index is 11.3. The van der Waals surface area contributed by atoms with Gasteiger partial charge < -0.3 is 0 Å². The van der Waals surface area contributed by atoms with E-state index in [1.165, 1.54) is 0 Å². The second-order valence-electron chi connectivity index (χ2n) is 2.42. The van der Waals surface area contributed by atoms with Crippen molar-refractivity contribution >= 4 is 75.3 Å². The van der Waals surface area contributed by atoms with Gasteiger partial charge in [0, 0.05) is 0 Å². The highest BCUT2D eigenvalue weighted by Crippen LogP contribution is 2.33. The van der Waals surface area contributed by atoms with Gasteiger partial charge in [0.05, 0.1) is 14.5 Å². The molecule has 0 bridgehead atoms. The minimum absolute atomic E-state index is 0.127. The van der Waals surface area contributed by atoms with Crippen LogP contribution in [0, 0.1) is 0 Å². The van der Waals surface area contributed by atoms with E-state index in [1.54, 1.807) is 0 Å². The Kier molecular flexibility index (Phi) is 3.96. The van der Waals surface area contributed by atoms with Crippen molar-refractivity contribution < 1.29 is 9.59 Å². The summed E-state index contributed by atoms with van der Waals surface area (Å²) in [5.74, 6) is -0.254. The zero-order chi connectivity index (χ0) is 9.46. The highest BCUT2D eigenvalue weighted by Gasteiger charge is 2.45. The first-order chi connectivity index (χ1) is 5.46. The molecule has 0 N–H and O–H groups in total. The summed E-state index contributed by atoms with van der Waals surface area (Å²) in [7, 11) is 0. The Balaban J connectivity index is 2.91. The number of carbonyl (C=O) groups is 2. The number of hydrogen-bond donors (Lipinski definition) is 0. The Morgan fingerprint density at radius 1 is 0.833 bits per heavy atom. The molecule has 68 valence electrons. The minimum atomic E-state index is -0.681. The molecule has 2 atom stereocenters.